The zero-order valence-electron chi connectivity index (χ0n) is 27.6. The number of likely N-dealkylation sites (N-methyl/N-ethyl adjacent to an activating group) is 1. The van der Waals surface area contributed by atoms with E-state index < -0.39 is 35.5 Å². The molecule has 2 aromatic rings. The first-order valence-corrected chi connectivity index (χ1v) is 16.6. The highest BCUT2D eigenvalue weighted by Gasteiger charge is 2.49. The maximum Gasteiger partial charge on any atom is 0.418 e. The zero-order chi connectivity index (χ0) is 35.2. The van der Waals surface area contributed by atoms with Crippen molar-refractivity contribution in [3.05, 3.63) is 44.9 Å². The lowest BCUT2D eigenvalue weighted by atomic mass is 9.94. The van der Waals surface area contributed by atoms with E-state index in [9.17, 15) is 22.4 Å². The molecular weight excluding hydrogens is 670 g/mol. The van der Waals surface area contributed by atoms with Crippen LogP contribution < -0.4 is 21.1 Å². The summed E-state index contributed by atoms with van der Waals surface area (Å²) in [6.07, 6.45) is -4.08. The fourth-order valence-corrected chi connectivity index (χ4v) is 7.54. The molecule has 1 amide bonds. The predicted octanol–water partition coefficient (Wildman–Crippen LogP) is 3.70. The van der Waals surface area contributed by atoms with Gasteiger partial charge in [-0.1, -0.05) is 11.6 Å². The number of hydrogen-bond donors (Lipinski definition) is 2. The van der Waals surface area contributed by atoms with Gasteiger partial charge in [0.05, 0.1) is 52.5 Å². The number of nitrogen functional groups attached to an aromatic ring is 1. The summed E-state index contributed by atoms with van der Waals surface area (Å²) < 4.78 is 69.6. The summed E-state index contributed by atoms with van der Waals surface area (Å²) in [6.45, 7) is 3.46. The molecule has 4 aliphatic rings. The molecule has 0 aliphatic carbocycles. The summed E-state index contributed by atoms with van der Waals surface area (Å²) in [4.78, 5) is 35.9. The normalized spacial score (nSPS) is 24.9. The summed E-state index contributed by atoms with van der Waals surface area (Å²) >= 11 is 6.62. The van der Waals surface area contributed by atoms with Crippen LogP contribution in [0.25, 0.3) is 0 Å². The Morgan fingerprint density at radius 2 is 2.00 bits per heavy atom. The maximum atomic E-state index is 14.5. The lowest BCUT2D eigenvalue weighted by molar-refractivity contribution is -0.140. The summed E-state index contributed by atoms with van der Waals surface area (Å²) in [5, 5.41) is 0.0223. The first kappa shape index (κ1) is 35.1. The van der Waals surface area contributed by atoms with Crippen LogP contribution in [0.5, 0.6) is 6.01 Å². The minimum atomic E-state index is -4.69. The van der Waals surface area contributed by atoms with Gasteiger partial charge in [-0.05, 0) is 44.4 Å². The number of carbonyl (C=O) groups excluding carboxylic acids is 1. The van der Waals surface area contributed by atoms with Gasteiger partial charge in [-0.3, -0.25) is 14.7 Å². The number of pyridine rings is 1. The Kier molecular flexibility index (Phi) is 9.67. The molecule has 2 fully saturated rings. The number of hydrogen-bond acceptors (Lipinski definition) is 11. The van der Waals surface area contributed by atoms with Gasteiger partial charge in [-0.2, -0.15) is 23.1 Å². The highest BCUT2D eigenvalue weighted by molar-refractivity contribution is 6.45. The van der Waals surface area contributed by atoms with Crippen molar-refractivity contribution >= 4 is 34.9 Å². The van der Waals surface area contributed by atoms with Crippen LogP contribution in [0.1, 0.15) is 59.9 Å². The number of anilines is 2. The number of aliphatic imine (C=N–C) groups is 1. The lowest BCUT2D eigenvalue weighted by Crippen LogP contribution is -2.43. The molecule has 0 spiro atoms. The van der Waals surface area contributed by atoms with E-state index in [4.69, 9.17) is 42.5 Å². The topological polar surface area (TPSA) is 148 Å². The van der Waals surface area contributed by atoms with Crippen molar-refractivity contribution < 1.29 is 31.8 Å². The number of aromatic nitrogens is 3. The van der Waals surface area contributed by atoms with E-state index in [1.807, 2.05) is 4.90 Å². The number of alkyl halides is 4. The third-order valence-electron chi connectivity index (χ3n) is 9.63. The van der Waals surface area contributed by atoms with E-state index in [-0.39, 0.29) is 60.0 Å². The van der Waals surface area contributed by atoms with Gasteiger partial charge in [-0.25, -0.2) is 9.37 Å². The number of aryl methyl sites for hydroxylation is 1. The second kappa shape index (κ2) is 13.5. The van der Waals surface area contributed by atoms with Gasteiger partial charge >= 0.3 is 12.2 Å². The summed E-state index contributed by atoms with van der Waals surface area (Å²) in [6, 6.07) is 1.21. The molecular formula is C32H40ClF4N9O3. The van der Waals surface area contributed by atoms with E-state index in [1.54, 1.807) is 14.1 Å². The van der Waals surface area contributed by atoms with Gasteiger partial charge in [-0.15, -0.1) is 0 Å². The molecule has 0 unspecified atom stereocenters. The first-order valence-electron chi connectivity index (χ1n) is 16.2. The Morgan fingerprint density at radius 3 is 2.73 bits per heavy atom. The average molecular weight is 710 g/mol. The van der Waals surface area contributed by atoms with Crippen molar-refractivity contribution in [2.75, 3.05) is 64.1 Å². The molecule has 17 heteroatoms. The average Bonchev–Trinajstić information content (AvgIpc) is 3.44. The minimum Gasteiger partial charge on any atom is -0.461 e. The molecule has 0 aromatic carbocycles. The molecule has 3 atom stereocenters. The van der Waals surface area contributed by atoms with Crippen LogP contribution in [-0.4, -0.2) is 102 Å². The Labute approximate surface area is 286 Å². The van der Waals surface area contributed by atoms with Gasteiger partial charge in [0.1, 0.15) is 30.1 Å². The van der Waals surface area contributed by atoms with Crippen molar-refractivity contribution in [3.8, 4) is 6.01 Å². The van der Waals surface area contributed by atoms with E-state index in [2.05, 4.69) is 14.9 Å². The van der Waals surface area contributed by atoms with Crippen LogP contribution in [0, 0.1) is 6.92 Å². The zero-order valence-corrected chi connectivity index (χ0v) is 28.4. The summed E-state index contributed by atoms with van der Waals surface area (Å²) in [5.74, 6) is -0.0863. The molecule has 0 bridgehead atoms. The first-order chi connectivity index (χ1) is 23.2. The predicted molar refractivity (Wildman–Crippen MR) is 175 cm³/mol. The third kappa shape index (κ3) is 6.99. The van der Waals surface area contributed by atoms with Gasteiger partial charge in [0.15, 0.2) is 0 Å². The molecule has 0 saturated carbocycles. The van der Waals surface area contributed by atoms with Crippen molar-refractivity contribution in [1.29, 1.82) is 0 Å². The van der Waals surface area contributed by atoms with Crippen LogP contribution in [-0.2, 0) is 28.7 Å². The second-order valence-electron chi connectivity index (χ2n) is 13.2. The highest BCUT2D eigenvalue weighted by atomic mass is 35.5. The quantitative estimate of drug-likeness (QED) is 0.322. The van der Waals surface area contributed by atoms with Crippen molar-refractivity contribution in [2.24, 2.45) is 10.7 Å². The van der Waals surface area contributed by atoms with Gasteiger partial charge < -0.3 is 30.7 Å². The van der Waals surface area contributed by atoms with E-state index in [0.717, 1.165) is 19.4 Å². The maximum absolute atomic E-state index is 14.5. The number of rotatable bonds is 7. The van der Waals surface area contributed by atoms with Gasteiger partial charge in [0.25, 0.3) is 5.91 Å². The van der Waals surface area contributed by atoms with Crippen molar-refractivity contribution in [1.82, 2.24) is 24.8 Å². The van der Waals surface area contributed by atoms with Crippen LogP contribution in [0.3, 0.4) is 0 Å². The fraction of sp³-hybridized carbons (Fsp3) is 0.594. The van der Waals surface area contributed by atoms with Crippen LogP contribution in [0.2, 0.25) is 0 Å². The molecule has 6 rings (SSSR count). The number of nitrogens with two attached hydrogens (primary N) is 2. The molecule has 6 heterocycles. The van der Waals surface area contributed by atoms with Crippen LogP contribution in [0.15, 0.2) is 21.8 Å². The highest BCUT2D eigenvalue weighted by Crippen LogP contribution is 2.43. The SMILES string of the molecule is Cc1nc(N)cc([C@@H]2Cc3nc(OC[C@@]45CCCN4C[C@H](F)C5)nc(N4CCCN=C(/C(Cl)=C(\N)C(=O)N(C)C)C4)c3CO2)c1C(F)(F)F. The fourth-order valence-electron chi connectivity index (χ4n) is 7.34. The Bertz CT molecular complexity index is 1690. The smallest absolute Gasteiger partial charge is 0.418 e. The Balaban J connectivity index is 1.38. The monoisotopic (exact) mass is 709 g/mol. The summed E-state index contributed by atoms with van der Waals surface area (Å²) in [7, 11) is 3.12. The second-order valence-corrected chi connectivity index (χ2v) is 13.6. The number of nitrogens with zero attached hydrogens (tertiary/aromatic N) is 7. The molecule has 2 saturated heterocycles. The summed E-state index contributed by atoms with van der Waals surface area (Å²) in [5.41, 5.74) is 11.5. The number of fused-ring (bicyclic) bond motifs is 2. The Hall–Kier alpha value is -3.76. The molecule has 266 valence electrons. The standard InChI is InChI=1S/C32H40ClF4N9O3/c1-17-25(32(35,36)37)19(10-24(38)41-17)23-11-21-20(15-48-23)28(43-30(42-21)49-16-31-6-4-9-46(31)13-18(34)12-31)45-8-5-7-40-22(14-45)26(33)27(39)29(47)44(2)3/h10,18,23H,4-9,11-16,39H2,1-3H3,(H2,38,41)/b27-26+/t18-,23+,31+/m1/s1. The van der Waals surface area contributed by atoms with Crippen molar-refractivity contribution in [3.63, 3.8) is 0 Å². The Morgan fingerprint density at radius 1 is 1.22 bits per heavy atom. The van der Waals surface area contributed by atoms with E-state index in [0.29, 0.717) is 55.3 Å². The molecule has 2 aromatic heterocycles. The van der Waals surface area contributed by atoms with Crippen LogP contribution >= 0.6 is 11.6 Å². The van der Waals surface area contributed by atoms with E-state index >= 15 is 0 Å². The third-order valence-corrected chi connectivity index (χ3v) is 10.0. The van der Waals surface area contributed by atoms with E-state index in [1.165, 1.54) is 17.9 Å². The largest absolute Gasteiger partial charge is 0.461 e. The van der Waals surface area contributed by atoms with Crippen LogP contribution in [0.4, 0.5) is 29.2 Å². The minimum absolute atomic E-state index is 0.0195. The van der Waals surface area contributed by atoms with Crippen molar-refractivity contribution in [2.45, 2.75) is 69.6 Å². The molecule has 4 N–H and O–H groups in total. The molecule has 4 aliphatic heterocycles. The lowest BCUT2D eigenvalue weighted by Gasteiger charge is -2.33. The number of carbonyl (C=O) groups is 1. The number of halogens is 5. The molecule has 49 heavy (non-hydrogen) atoms. The number of amides is 1. The van der Waals surface area contributed by atoms with Gasteiger partial charge in [0, 0.05) is 52.1 Å². The number of ether oxygens (including phenoxy) is 2. The molecule has 12 nitrogen and oxygen atoms in total. The van der Waals surface area contributed by atoms with Gasteiger partial charge in [0.2, 0.25) is 0 Å². The molecule has 0 radical (unpaired) electrons.